The topological polar surface area (TPSA) is 38.7 Å². The maximum atomic E-state index is 9.48. The van der Waals surface area contributed by atoms with Gasteiger partial charge in [-0.3, -0.25) is 0 Å². The Labute approximate surface area is 73.7 Å². The van der Waals surface area contributed by atoms with Crippen LogP contribution in [0.3, 0.4) is 0 Å². The lowest BCUT2D eigenvalue weighted by Gasteiger charge is -1.92. The fraction of sp³-hybridized carbons (Fsp3) is 0.778. The van der Waals surface area contributed by atoms with Crippen LogP contribution in [0.1, 0.15) is 39.0 Å². The predicted octanol–water partition coefficient (Wildman–Crippen LogP) is 3.21. The summed E-state index contributed by atoms with van der Waals surface area (Å²) in [6.45, 7) is 2.58. The molecule has 70 valence electrons. The molecule has 3 nitrogen and oxygen atoms in total. The monoisotopic (exact) mass is 171 g/mol. The van der Waals surface area contributed by atoms with Crippen LogP contribution in [0.15, 0.2) is 17.5 Å². The Bertz CT molecular complexity index is 124. The van der Waals surface area contributed by atoms with Crippen LogP contribution in [-0.2, 0) is 4.84 Å². The third-order valence-corrected chi connectivity index (χ3v) is 1.57. The van der Waals surface area contributed by atoms with Crippen molar-refractivity contribution in [2.24, 2.45) is 5.34 Å². The lowest BCUT2D eigenvalue weighted by molar-refractivity contribution is 0.144. The van der Waals surface area contributed by atoms with Gasteiger partial charge in [-0.05, 0) is 12.8 Å². The van der Waals surface area contributed by atoms with Crippen molar-refractivity contribution in [2.75, 3.05) is 6.61 Å². The maximum absolute atomic E-state index is 9.48. The Morgan fingerprint density at radius 2 is 2.00 bits per heavy atom. The standard InChI is InChI=1S/C9H17NO2/c1-2-3-4-5-6-7-8-9-12-10-11/h6-7H,2-5,8-9H2,1H3/b7-6-. The molecule has 0 atom stereocenters. The van der Waals surface area contributed by atoms with Gasteiger partial charge in [0.05, 0.1) is 0 Å². The van der Waals surface area contributed by atoms with Gasteiger partial charge in [-0.15, -0.1) is 4.91 Å². The van der Waals surface area contributed by atoms with Gasteiger partial charge in [0.1, 0.15) is 6.61 Å². The highest BCUT2D eigenvalue weighted by molar-refractivity contribution is 4.80. The average molecular weight is 171 g/mol. The van der Waals surface area contributed by atoms with Crippen LogP contribution in [0, 0.1) is 4.91 Å². The van der Waals surface area contributed by atoms with Crippen LogP contribution in [-0.4, -0.2) is 6.61 Å². The summed E-state index contributed by atoms with van der Waals surface area (Å²) in [4.78, 5) is 13.8. The first-order chi connectivity index (χ1) is 5.91. The predicted molar refractivity (Wildman–Crippen MR) is 49.6 cm³/mol. The molecule has 0 aromatic rings. The van der Waals surface area contributed by atoms with E-state index in [0.29, 0.717) is 6.61 Å². The van der Waals surface area contributed by atoms with Crippen molar-refractivity contribution in [3.05, 3.63) is 17.1 Å². The molecule has 0 rings (SSSR count). The summed E-state index contributed by atoms with van der Waals surface area (Å²) in [5.74, 6) is 0. The van der Waals surface area contributed by atoms with Gasteiger partial charge < -0.3 is 4.84 Å². The minimum Gasteiger partial charge on any atom is -0.364 e. The van der Waals surface area contributed by atoms with Gasteiger partial charge in [0.25, 0.3) is 0 Å². The van der Waals surface area contributed by atoms with Crippen LogP contribution in [0.2, 0.25) is 0 Å². The van der Waals surface area contributed by atoms with E-state index in [4.69, 9.17) is 0 Å². The molecule has 0 heterocycles. The zero-order valence-electron chi connectivity index (χ0n) is 7.66. The SMILES string of the molecule is CCCCC/C=C\CCON=O. The molecule has 0 fully saturated rings. The summed E-state index contributed by atoms with van der Waals surface area (Å²) < 4.78 is 0. The van der Waals surface area contributed by atoms with E-state index in [9.17, 15) is 4.91 Å². The van der Waals surface area contributed by atoms with Gasteiger partial charge in [0.15, 0.2) is 5.34 Å². The van der Waals surface area contributed by atoms with Crippen molar-refractivity contribution < 1.29 is 4.84 Å². The number of rotatable bonds is 8. The molecule has 0 aromatic heterocycles. The van der Waals surface area contributed by atoms with Crippen LogP contribution in [0.5, 0.6) is 0 Å². The number of hydrogen-bond donors (Lipinski definition) is 0. The van der Waals surface area contributed by atoms with Crippen molar-refractivity contribution in [3.63, 3.8) is 0 Å². The molecule has 0 saturated heterocycles. The van der Waals surface area contributed by atoms with Gasteiger partial charge in [0, 0.05) is 6.42 Å². The molecule has 0 radical (unpaired) electrons. The molecule has 0 saturated carbocycles. The van der Waals surface area contributed by atoms with Crippen molar-refractivity contribution in [3.8, 4) is 0 Å². The zero-order valence-corrected chi connectivity index (χ0v) is 7.66. The molecule has 0 bridgehead atoms. The van der Waals surface area contributed by atoms with E-state index < -0.39 is 0 Å². The summed E-state index contributed by atoms with van der Waals surface area (Å²) in [6, 6.07) is 0. The van der Waals surface area contributed by atoms with Crippen LogP contribution >= 0.6 is 0 Å². The Kier molecular flexibility index (Phi) is 9.41. The van der Waals surface area contributed by atoms with E-state index in [1.54, 1.807) is 0 Å². The Balaban J connectivity index is 2.98. The van der Waals surface area contributed by atoms with Gasteiger partial charge in [-0.1, -0.05) is 31.9 Å². The van der Waals surface area contributed by atoms with E-state index in [2.05, 4.69) is 23.2 Å². The minimum absolute atomic E-state index is 0.397. The highest BCUT2D eigenvalue weighted by atomic mass is 16.7. The second-order valence-electron chi connectivity index (χ2n) is 2.66. The molecule has 12 heavy (non-hydrogen) atoms. The van der Waals surface area contributed by atoms with E-state index >= 15 is 0 Å². The fourth-order valence-corrected chi connectivity index (χ4v) is 0.906. The Hall–Kier alpha value is -0.860. The van der Waals surface area contributed by atoms with E-state index in [1.165, 1.54) is 19.3 Å². The minimum atomic E-state index is 0.397. The first-order valence-corrected chi connectivity index (χ1v) is 4.51. The van der Waals surface area contributed by atoms with E-state index in [-0.39, 0.29) is 0 Å². The highest BCUT2D eigenvalue weighted by Gasteiger charge is 1.83. The first-order valence-electron chi connectivity index (χ1n) is 4.51. The largest absolute Gasteiger partial charge is 0.364 e. The van der Waals surface area contributed by atoms with Gasteiger partial charge in [0.2, 0.25) is 0 Å². The second kappa shape index (κ2) is 10.1. The van der Waals surface area contributed by atoms with Crippen LogP contribution in [0.25, 0.3) is 0 Å². The first kappa shape index (κ1) is 11.1. The highest BCUT2D eigenvalue weighted by Crippen LogP contribution is 2.00. The molecule has 0 unspecified atom stereocenters. The number of unbranched alkanes of at least 4 members (excludes halogenated alkanes) is 3. The van der Waals surface area contributed by atoms with Crippen molar-refractivity contribution in [1.29, 1.82) is 0 Å². The van der Waals surface area contributed by atoms with Crippen molar-refractivity contribution >= 4 is 0 Å². The van der Waals surface area contributed by atoms with Crippen molar-refractivity contribution in [2.45, 2.75) is 39.0 Å². The van der Waals surface area contributed by atoms with E-state index in [0.717, 1.165) is 12.8 Å². The lowest BCUT2D eigenvalue weighted by Crippen LogP contribution is -1.82. The van der Waals surface area contributed by atoms with Crippen LogP contribution < -0.4 is 0 Å². The lowest BCUT2D eigenvalue weighted by atomic mass is 10.2. The molecule has 0 N–H and O–H groups in total. The molecule has 0 aliphatic heterocycles. The van der Waals surface area contributed by atoms with Crippen molar-refractivity contribution in [1.82, 2.24) is 0 Å². The zero-order chi connectivity index (χ0) is 9.07. The van der Waals surface area contributed by atoms with Crippen LogP contribution in [0.4, 0.5) is 0 Å². The van der Waals surface area contributed by atoms with Gasteiger partial charge in [-0.25, -0.2) is 0 Å². The summed E-state index contributed by atoms with van der Waals surface area (Å²) in [5, 5.41) is 2.30. The fourth-order valence-electron chi connectivity index (χ4n) is 0.906. The quantitative estimate of drug-likeness (QED) is 0.243. The molecule has 0 amide bonds. The van der Waals surface area contributed by atoms with Gasteiger partial charge >= 0.3 is 0 Å². The summed E-state index contributed by atoms with van der Waals surface area (Å²) >= 11 is 0. The third kappa shape index (κ3) is 9.14. The summed E-state index contributed by atoms with van der Waals surface area (Å²) in [5.41, 5.74) is 0. The number of allylic oxidation sites excluding steroid dienone is 1. The smallest absolute Gasteiger partial charge is 0.155 e. The Morgan fingerprint density at radius 1 is 1.25 bits per heavy atom. The summed E-state index contributed by atoms with van der Waals surface area (Å²) in [6.07, 6.45) is 9.85. The normalized spacial score (nSPS) is 10.4. The Morgan fingerprint density at radius 3 is 2.67 bits per heavy atom. The van der Waals surface area contributed by atoms with Gasteiger partial charge in [-0.2, -0.15) is 0 Å². The third-order valence-electron chi connectivity index (χ3n) is 1.57. The molecule has 0 aromatic carbocycles. The molecule has 0 aliphatic carbocycles. The number of nitrogens with zero attached hydrogens (tertiary/aromatic N) is 1. The molecular formula is C9H17NO2. The molecular weight excluding hydrogens is 154 g/mol. The average Bonchev–Trinajstić information content (AvgIpc) is 2.10. The molecule has 0 spiro atoms. The maximum Gasteiger partial charge on any atom is 0.155 e. The number of hydrogen-bond acceptors (Lipinski definition) is 3. The second-order valence-corrected chi connectivity index (χ2v) is 2.66. The summed E-state index contributed by atoms with van der Waals surface area (Å²) in [7, 11) is 0. The van der Waals surface area contributed by atoms with E-state index in [1.807, 2.05) is 6.08 Å². The molecule has 0 aliphatic rings. The molecule has 3 heteroatoms.